The van der Waals surface area contributed by atoms with Gasteiger partial charge in [-0.2, -0.15) is 0 Å². The number of hydrogen-bond acceptors (Lipinski definition) is 6. The summed E-state index contributed by atoms with van der Waals surface area (Å²) in [5.74, 6) is 2.86. The first kappa shape index (κ1) is 18.2. The number of aldehydes is 1. The van der Waals surface area contributed by atoms with Crippen LogP contribution in [0.2, 0.25) is 0 Å². The van der Waals surface area contributed by atoms with E-state index >= 15 is 0 Å². The van der Waals surface area contributed by atoms with Gasteiger partial charge in [0.25, 0.3) is 0 Å². The second-order valence-electron chi connectivity index (χ2n) is 6.96. The van der Waals surface area contributed by atoms with E-state index in [4.69, 9.17) is 0 Å². The largest absolute Gasteiger partial charge is 0.345 e. The Hall–Kier alpha value is -3.13. The molecule has 1 aliphatic rings. The highest BCUT2D eigenvalue weighted by Crippen LogP contribution is 2.29. The van der Waals surface area contributed by atoms with Crippen molar-refractivity contribution in [2.24, 2.45) is 5.92 Å². The highest BCUT2D eigenvalue weighted by atomic mass is 16.1. The van der Waals surface area contributed by atoms with Crippen LogP contribution in [0.5, 0.6) is 0 Å². The molecule has 0 bridgehead atoms. The van der Waals surface area contributed by atoms with E-state index in [2.05, 4.69) is 47.6 Å². The molecule has 0 aromatic carbocycles. The Bertz CT molecular complexity index is 1060. The molecule has 28 heavy (non-hydrogen) atoms. The first-order valence-corrected chi connectivity index (χ1v) is 9.47. The lowest BCUT2D eigenvalue weighted by Gasteiger charge is -2.28. The molecule has 0 amide bonds. The Balaban J connectivity index is 0.000000181. The SMILES string of the molecule is C[C@@H]1CCNC[C@@H]1c1ncc2cnc3[nH]ccc3n12.O=CCc1ncccn1. The maximum Gasteiger partial charge on any atom is 0.154 e. The van der Waals surface area contributed by atoms with E-state index in [-0.39, 0.29) is 0 Å². The summed E-state index contributed by atoms with van der Waals surface area (Å²) in [6.45, 7) is 4.44. The van der Waals surface area contributed by atoms with Crippen molar-refractivity contribution in [3.05, 3.63) is 54.8 Å². The molecule has 1 aliphatic heterocycles. The van der Waals surface area contributed by atoms with Gasteiger partial charge >= 0.3 is 0 Å². The van der Waals surface area contributed by atoms with Crippen LogP contribution in [0.1, 0.15) is 30.9 Å². The molecule has 4 aromatic rings. The summed E-state index contributed by atoms with van der Waals surface area (Å²) in [4.78, 5) is 29.8. The fraction of sp³-hybridized carbons (Fsp3) is 0.350. The molecule has 5 heterocycles. The summed E-state index contributed by atoms with van der Waals surface area (Å²) in [5.41, 5.74) is 3.10. The number of rotatable bonds is 3. The molecule has 2 N–H and O–H groups in total. The lowest BCUT2D eigenvalue weighted by Crippen LogP contribution is -2.34. The van der Waals surface area contributed by atoms with Crippen molar-refractivity contribution in [2.45, 2.75) is 25.7 Å². The van der Waals surface area contributed by atoms with E-state index in [1.807, 2.05) is 18.6 Å². The fourth-order valence-electron chi connectivity index (χ4n) is 3.61. The molecule has 0 saturated carbocycles. The summed E-state index contributed by atoms with van der Waals surface area (Å²) in [7, 11) is 0. The molecule has 1 fully saturated rings. The van der Waals surface area contributed by atoms with E-state index < -0.39 is 0 Å². The van der Waals surface area contributed by atoms with Crippen LogP contribution in [0.15, 0.2) is 43.1 Å². The van der Waals surface area contributed by atoms with Gasteiger partial charge in [0.1, 0.15) is 17.9 Å². The van der Waals surface area contributed by atoms with Crippen molar-refractivity contribution in [1.82, 2.24) is 34.6 Å². The van der Waals surface area contributed by atoms with Gasteiger partial charge in [0.05, 0.1) is 29.8 Å². The van der Waals surface area contributed by atoms with Crippen molar-refractivity contribution < 1.29 is 4.79 Å². The molecule has 8 nitrogen and oxygen atoms in total. The molecule has 0 radical (unpaired) electrons. The number of nitrogens with zero attached hydrogens (tertiary/aromatic N) is 5. The Kier molecular flexibility index (Phi) is 5.38. The summed E-state index contributed by atoms with van der Waals surface area (Å²) in [6.07, 6.45) is 11.3. The highest BCUT2D eigenvalue weighted by molar-refractivity contribution is 5.75. The van der Waals surface area contributed by atoms with Crippen molar-refractivity contribution in [3.63, 3.8) is 0 Å². The Morgan fingerprint density at radius 3 is 2.82 bits per heavy atom. The predicted octanol–water partition coefficient (Wildman–Crippen LogP) is 2.14. The molecule has 0 unspecified atom stereocenters. The third-order valence-electron chi connectivity index (χ3n) is 5.13. The smallest absolute Gasteiger partial charge is 0.154 e. The summed E-state index contributed by atoms with van der Waals surface area (Å²) >= 11 is 0. The molecule has 0 aliphatic carbocycles. The summed E-state index contributed by atoms with van der Waals surface area (Å²) in [5, 5.41) is 3.48. The minimum absolute atomic E-state index is 0.306. The average molecular weight is 377 g/mol. The van der Waals surface area contributed by atoms with Crippen molar-refractivity contribution >= 4 is 23.0 Å². The van der Waals surface area contributed by atoms with E-state index in [0.717, 1.165) is 41.9 Å². The van der Waals surface area contributed by atoms with Gasteiger partial charge in [0.2, 0.25) is 0 Å². The van der Waals surface area contributed by atoms with Crippen LogP contribution in [-0.2, 0) is 11.2 Å². The molecule has 4 aromatic heterocycles. The van der Waals surface area contributed by atoms with Gasteiger partial charge in [0, 0.05) is 31.1 Å². The molecular formula is C20H23N7O. The van der Waals surface area contributed by atoms with Crippen LogP contribution >= 0.6 is 0 Å². The molecule has 0 spiro atoms. The lowest BCUT2D eigenvalue weighted by molar-refractivity contribution is -0.107. The van der Waals surface area contributed by atoms with Gasteiger partial charge in [-0.25, -0.2) is 19.9 Å². The third kappa shape index (κ3) is 3.63. The van der Waals surface area contributed by atoms with Crippen LogP contribution in [0.4, 0.5) is 0 Å². The molecule has 1 saturated heterocycles. The number of aromatic nitrogens is 6. The predicted molar refractivity (Wildman–Crippen MR) is 106 cm³/mol. The normalized spacial score (nSPS) is 19.3. The number of aromatic amines is 1. The van der Waals surface area contributed by atoms with E-state index in [1.54, 1.807) is 18.5 Å². The van der Waals surface area contributed by atoms with Gasteiger partial charge in [-0.15, -0.1) is 0 Å². The van der Waals surface area contributed by atoms with Gasteiger partial charge < -0.3 is 15.1 Å². The number of imidazole rings is 1. The number of hydrogen-bond donors (Lipinski definition) is 2. The fourth-order valence-corrected chi connectivity index (χ4v) is 3.61. The zero-order chi connectivity index (χ0) is 19.3. The maximum atomic E-state index is 9.89. The van der Waals surface area contributed by atoms with Gasteiger partial charge in [-0.3, -0.25) is 4.40 Å². The topological polar surface area (TPSA) is 101 Å². The molecule has 5 rings (SSSR count). The second kappa shape index (κ2) is 8.26. The minimum atomic E-state index is 0.306. The standard InChI is InChI=1S/C14H17N5.C6H6N2O/c1-9-2-4-15-8-11(9)14-18-7-10-6-17-13-12(19(10)14)3-5-16-13;9-5-2-6-7-3-1-4-8-6/h3,5-7,9,11,15-16H,2,4,8H2,1H3;1,3-5H,2H2/t9-,11+;/m1./s1. The molecule has 144 valence electrons. The van der Waals surface area contributed by atoms with Crippen molar-refractivity contribution in [3.8, 4) is 0 Å². The van der Waals surface area contributed by atoms with Crippen molar-refractivity contribution in [2.75, 3.05) is 13.1 Å². The molecular weight excluding hydrogens is 354 g/mol. The van der Waals surface area contributed by atoms with Gasteiger partial charge in [-0.1, -0.05) is 6.92 Å². The van der Waals surface area contributed by atoms with Gasteiger partial charge in [0.15, 0.2) is 5.65 Å². The molecule has 2 atom stereocenters. The van der Waals surface area contributed by atoms with Crippen LogP contribution < -0.4 is 5.32 Å². The average Bonchev–Trinajstić information content (AvgIpc) is 3.36. The summed E-state index contributed by atoms with van der Waals surface area (Å²) in [6, 6.07) is 3.79. The quantitative estimate of drug-likeness (QED) is 0.531. The maximum absolute atomic E-state index is 9.89. The Morgan fingerprint density at radius 2 is 2.04 bits per heavy atom. The Morgan fingerprint density at radius 1 is 1.21 bits per heavy atom. The second-order valence-corrected chi connectivity index (χ2v) is 6.96. The zero-order valence-electron chi connectivity index (χ0n) is 15.7. The number of fused-ring (bicyclic) bond motifs is 3. The number of H-pyrrole nitrogens is 1. The number of carbonyl (C=O) groups is 1. The van der Waals surface area contributed by atoms with Crippen LogP contribution in [-0.4, -0.2) is 48.7 Å². The van der Waals surface area contributed by atoms with E-state index in [0.29, 0.717) is 24.1 Å². The monoisotopic (exact) mass is 377 g/mol. The van der Waals surface area contributed by atoms with Crippen LogP contribution in [0.3, 0.4) is 0 Å². The number of nitrogens with one attached hydrogen (secondary N) is 2. The zero-order valence-corrected chi connectivity index (χ0v) is 15.7. The summed E-state index contributed by atoms with van der Waals surface area (Å²) < 4.78 is 2.24. The number of carbonyl (C=O) groups excluding carboxylic acids is 1. The lowest BCUT2D eigenvalue weighted by atomic mass is 9.87. The molecule has 8 heteroatoms. The van der Waals surface area contributed by atoms with Crippen molar-refractivity contribution in [1.29, 1.82) is 0 Å². The third-order valence-corrected chi connectivity index (χ3v) is 5.13. The van der Waals surface area contributed by atoms with Crippen LogP contribution in [0.25, 0.3) is 16.7 Å². The minimum Gasteiger partial charge on any atom is -0.345 e. The van der Waals surface area contributed by atoms with E-state index in [9.17, 15) is 4.79 Å². The first-order chi connectivity index (χ1) is 13.8. The van der Waals surface area contributed by atoms with Crippen LogP contribution in [0, 0.1) is 5.92 Å². The number of piperidine rings is 1. The first-order valence-electron chi connectivity index (χ1n) is 9.47. The van der Waals surface area contributed by atoms with Gasteiger partial charge in [-0.05, 0) is 31.0 Å². The Labute approximate surface area is 162 Å². The van der Waals surface area contributed by atoms with E-state index in [1.165, 1.54) is 6.42 Å². The highest BCUT2D eigenvalue weighted by Gasteiger charge is 2.26.